The molecule has 0 saturated heterocycles. The number of hydrogen-bond acceptors (Lipinski definition) is 8. The third kappa shape index (κ3) is 2.88. The fourth-order valence-electron chi connectivity index (χ4n) is 3.20. The van der Waals surface area contributed by atoms with Crippen LogP contribution in [0.1, 0.15) is 23.7 Å². The highest BCUT2D eigenvalue weighted by Crippen LogP contribution is 2.36. The number of nitrogens with one attached hydrogen (secondary N) is 1. The molecule has 1 aromatic carbocycles. The summed E-state index contributed by atoms with van der Waals surface area (Å²) in [7, 11) is 0. The normalized spacial score (nSPS) is 12.6. The maximum absolute atomic E-state index is 13.3. The van der Waals surface area contributed by atoms with Crippen LogP contribution in [0.4, 0.5) is 0 Å². The van der Waals surface area contributed by atoms with Gasteiger partial charge in [0, 0.05) is 0 Å². The molecule has 0 radical (unpaired) electrons. The molecule has 5 rings (SSSR count). The van der Waals surface area contributed by atoms with Crippen molar-refractivity contribution in [2.75, 3.05) is 0 Å². The number of aryl methyl sites for hydroxylation is 1. The smallest absolute Gasteiger partial charge is 0.271 e. The van der Waals surface area contributed by atoms with E-state index in [0.717, 1.165) is 16.2 Å². The van der Waals surface area contributed by atoms with Gasteiger partial charge in [0.05, 0.1) is 23.0 Å². The lowest BCUT2D eigenvalue weighted by Crippen LogP contribution is -2.24. The van der Waals surface area contributed by atoms with Crippen LogP contribution in [0, 0.1) is 6.92 Å². The second kappa shape index (κ2) is 6.82. The largest absolute Gasteiger partial charge is 0.341 e. The van der Waals surface area contributed by atoms with Gasteiger partial charge >= 0.3 is 0 Å². The Bertz CT molecular complexity index is 1390. The van der Waals surface area contributed by atoms with Gasteiger partial charge in [-0.3, -0.25) is 9.36 Å². The Kier molecular flexibility index (Phi) is 4.13. The van der Waals surface area contributed by atoms with Gasteiger partial charge in [0.25, 0.3) is 11.3 Å². The molecular formula is C19H15N7O2S. The zero-order valence-corrected chi connectivity index (χ0v) is 16.3. The average molecular weight is 405 g/mol. The van der Waals surface area contributed by atoms with Gasteiger partial charge in [0.1, 0.15) is 28.1 Å². The van der Waals surface area contributed by atoms with Gasteiger partial charge in [-0.2, -0.15) is 4.98 Å². The second-order valence-electron chi connectivity index (χ2n) is 6.43. The quantitative estimate of drug-likeness (QED) is 0.358. The summed E-state index contributed by atoms with van der Waals surface area (Å²) in [5, 5.41) is 4.80. The Morgan fingerprint density at radius 3 is 2.83 bits per heavy atom. The van der Waals surface area contributed by atoms with Crippen LogP contribution in [0.15, 0.2) is 57.3 Å². The first-order valence-corrected chi connectivity index (χ1v) is 9.76. The zero-order chi connectivity index (χ0) is 20.0. The predicted octanol–water partition coefficient (Wildman–Crippen LogP) is 3.20. The van der Waals surface area contributed by atoms with Crippen molar-refractivity contribution in [2.45, 2.75) is 24.1 Å². The van der Waals surface area contributed by atoms with Gasteiger partial charge < -0.3 is 9.51 Å². The predicted molar refractivity (Wildman–Crippen MR) is 108 cm³/mol. The molecular weight excluding hydrogens is 390 g/mol. The lowest BCUT2D eigenvalue weighted by molar-refractivity contribution is 0.441. The molecule has 0 aliphatic heterocycles. The second-order valence-corrected chi connectivity index (χ2v) is 7.76. The van der Waals surface area contributed by atoms with Crippen LogP contribution in [-0.4, -0.2) is 34.6 Å². The minimum absolute atomic E-state index is 0.211. The van der Waals surface area contributed by atoms with Gasteiger partial charge in [-0.25, -0.2) is 15.0 Å². The number of aromatic amines is 1. The first kappa shape index (κ1) is 17.6. The summed E-state index contributed by atoms with van der Waals surface area (Å²) in [4.78, 5) is 33.7. The molecule has 10 heteroatoms. The van der Waals surface area contributed by atoms with Crippen molar-refractivity contribution in [3.05, 3.63) is 64.9 Å². The lowest BCUT2D eigenvalue weighted by Gasteiger charge is -2.17. The van der Waals surface area contributed by atoms with Crippen LogP contribution in [0.3, 0.4) is 0 Å². The standard InChI is InChI=1S/C19H15N7O2S/c1-10-13-17(28-25-10)24-16(26(19(13)27)12-6-4-3-5-7-12)11(2)29-18-14-15(21-8-20-14)22-9-23-18/h3-9,11H,1-2H3,(H,20,21,22,23). The first-order valence-electron chi connectivity index (χ1n) is 8.88. The SMILES string of the molecule is Cc1noc2nc(C(C)Sc3ncnc4nc[nH]c34)n(-c3ccccc3)c(=O)c12. The average Bonchev–Trinajstić information content (AvgIpc) is 3.36. The van der Waals surface area contributed by atoms with Gasteiger partial charge in [0.2, 0.25) is 0 Å². The van der Waals surface area contributed by atoms with Gasteiger partial charge in [-0.15, -0.1) is 0 Å². The van der Waals surface area contributed by atoms with Crippen molar-refractivity contribution in [1.29, 1.82) is 0 Å². The lowest BCUT2D eigenvalue weighted by atomic mass is 10.2. The molecule has 29 heavy (non-hydrogen) atoms. The number of hydrogen-bond donors (Lipinski definition) is 1. The number of benzene rings is 1. The molecule has 0 fully saturated rings. The van der Waals surface area contributed by atoms with E-state index in [4.69, 9.17) is 4.52 Å². The number of H-pyrrole nitrogens is 1. The molecule has 0 spiro atoms. The highest BCUT2D eigenvalue weighted by molar-refractivity contribution is 7.99. The number of aromatic nitrogens is 7. The third-order valence-corrected chi connectivity index (χ3v) is 5.66. The van der Waals surface area contributed by atoms with Crippen molar-refractivity contribution in [2.24, 2.45) is 0 Å². The summed E-state index contributed by atoms with van der Waals surface area (Å²) in [5.41, 5.74) is 2.60. The van der Waals surface area contributed by atoms with E-state index in [1.807, 2.05) is 37.3 Å². The Hall–Kier alpha value is -3.53. The van der Waals surface area contributed by atoms with Crippen molar-refractivity contribution < 1.29 is 4.52 Å². The fourth-order valence-corrected chi connectivity index (χ4v) is 4.18. The number of thioether (sulfide) groups is 1. The molecule has 0 bridgehead atoms. The van der Waals surface area contributed by atoms with E-state index in [1.165, 1.54) is 18.1 Å². The van der Waals surface area contributed by atoms with Gasteiger partial charge in [-0.05, 0) is 26.0 Å². The number of nitrogens with zero attached hydrogens (tertiary/aromatic N) is 6. The summed E-state index contributed by atoms with van der Waals surface area (Å²) in [6.45, 7) is 3.70. The Morgan fingerprint density at radius 2 is 2.00 bits per heavy atom. The third-order valence-electron chi connectivity index (χ3n) is 4.56. The van der Waals surface area contributed by atoms with E-state index in [1.54, 1.807) is 17.8 Å². The van der Waals surface area contributed by atoms with Gasteiger partial charge in [0.15, 0.2) is 5.65 Å². The molecule has 1 N–H and O–H groups in total. The summed E-state index contributed by atoms with van der Waals surface area (Å²) in [6.07, 6.45) is 3.05. The molecule has 5 aromatic rings. The molecule has 0 aliphatic carbocycles. The summed E-state index contributed by atoms with van der Waals surface area (Å²) >= 11 is 1.46. The van der Waals surface area contributed by atoms with Crippen molar-refractivity contribution >= 4 is 34.0 Å². The molecule has 1 unspecified atom stereocenters. The van der Waals surface area contributed by atoms with E-state index < -0.39 is 0 Å². The Morgan fingerprint density at radius 1 is 1.17 bits per heavy atom. The van der Waals surface area contributed by atoms with Crippen molar-refractivity contribution in [1.82, 2.24) is 34.6 Å². The molecule has 9 nitrogen and oxygen atoms in total. The molecule has 4 aromatic heterocycles. The Labute approximate surface area is 168 Å². The molecule has 144 valence electrons. The fraction of sp³-hybridized carbons (Fsp3) is 0.158. The molecule has 0 amide bonds. The van der Waals surface area contributed by atoms with Crippen molar-refractivity contribution in [3.63, 3.8) is 0 Å². The maximum atomic E-state index is 13.3. The summed E-state index contributed by atoms with van der Waals surface area (Å²) in [6, 6.07) is 9.41. The summed E-state index contributed by atoms with van der Waals surface area (Å²) < 4.78 is 6.90. The highest BCUT2D eigenvalue weighted by atomic mass is 32.2. The van der Waals surface area contributed by atoms with Crippen molar-refractivity contribution in [3.8, 4) is 5.69 Å². The number of imidazole rings is 1. The highest BCUT2D eigenvalue weighted by Gasteiger charge is 2.23. The number of para-hydroxylation sites is 1. The minimum Gasteiger partial charge on any atom is -0.341 e. The summed E-state index contributed by atoms with van der Waals surface area (Å²) in [5.74, 6) is 0.543. The number of fused-ring (bicyclic) bond motifs is 2. The molecule has 1 atom stereocenters. The Balaban J connectivity index is 1.69. The van der Waals surface area contributed by atoms with E-state index >= 15 is 0 Å². The van der Waals surface area contributed by atoms with Crippen LogP contribution in [0.2, 0.25) is 0 Å². The minimum atomic E-state index is -0.223. The van der Waals surface area contributed by atoms with Crippen LogP contribution in [-0.2, 0) is 0 Å². The molecule has 4 heterocycles. The topological polar surface area (TPSA) is 115 Å². The molecule has 0 aliphatic rings. The van der Waals surface area contributed by atoms with E-state index in [0.29, 0.717) is 22.6 Å². The van der Waals surface area contributed by atoms with E-state index in [9.17, 15) is 4.79 Å². The first-order chi connectivity index (χ1) is 14.1. The van der Waals surface area contributed by atoms with Crippen LogP contribution in [0.25, 0.3) is 28.0 Å². The van der Waals surface area contributed by atoms with Crippen LogP contribution >= 0.6 is 11.8 Å². The van der Waals surface area contributed by atoms with Crippen LogP contribution in [0.5, 0.6) is 0 Å². The maximum Gasteiger partial charge on any atom is 0.271 e. The van der Waals surface area contributed by atoms with Crippen LogP contribution < -0.4 is 5.56 Å². The number of rotatable bonds is 4. The van der Waals surface area contributed by atoms with E-state index in [2.05, 4.69) is 30.1 Å². The monoisotopic (exact) mass is 405 g/mol. The molecule has 0 saturated carbocycles. The van der Waals surface area contributed by atoms with E-state index in [-0.39, 0.29) is 16.5 Å². The van der Waals surface area contributed by atoms with Gasteiger partial charge in [-0.1, -0.05) is 35.1 Å². The zero-order valence-electron chi connectivity index (χ0n) is 15.5.